The molecule has 1 atom stereocenters. The number of methoxy groups -OCH3 is 1. The fraction of sp³-hybridized carbons (Fsp3) is 0.364. The maximum Gasteiger partial charge on any atom is 0.240 e. The van der Waals surface area contributed by atoms with Gasteiger partial charge in [0.2, 0.25) is 5.91 Å². The van der Waals surface area contributed by atoms with E-state index in [1.165, 1.54) is 0 Å². The summed E-state index contributed by atoms with van der Waals surface area (Å²) in [5.74, 6) is 0.859. The Hall–Kier alpha value is -0.550. The molecule has 0 spiro atoms. The fourth-order valence-corrected chi connectivity index (χ4v) is 2.62. The number of hydrogen-bond donors (Lipinski definition) is 0. The summed E-state index contributed by atoms with van der Waals surface area (Å²) in [6, 6.07) is 5.62. The zero-order valence-electron chi connectivity index (χ0n) is 8.74. The number of hydrogen-bond acceptors (Lipinski definition) is 2. The lowest BCUT2D eigenvalue weighted by atomic mass is 10.3. The molecule has 0 bridgehead atoms. The molecule has 5 heteroatoms. The largest absolute Gasteiger partial charge is 0.497 e. The third-order valence-corrected chi connectivity index (χ3v) is 4.10. The third kappa shape index (κ3) is 2.11. The number of anilines is 1. The van der Waals surface area contributed by atoms with E-state index in [0.717, 1.165) is 28.9 Å². The SMILES string of the molecule is COc1ccc(Br)c(N2CCC(Br)C2=O)c1. The maximum absolute atomic E-state index is 11.9. The van der Waals surface area contributed by atoms with Gasteiger partial charge in [0, 0.05) is 17.1 Å². The Labute approximate surface area is 111 Å². The summed E-state index contributed by atoms with van der Waals surface area (Å²) in [6.07, 6.45) is 0.836. The second-order valence-electron chi connectivity index (χ2n) is 3.56. The van der Waals surface area contributed by atoms with E-state index in [4.69, 9.17) is 4.74 Å². The Balaban J connectivity index is 2.36. The molecule has 1 unspecified atom stereocenters. The molecule has 0 saturated carbocycles. The van der Waals surface area contributed by atoms with Gasteiger partial charge in [-0.25, -0.2) is 0 Å². The molecule has 0 aliphatic carbocycles. The van der Waals surface area contributed by atoms with Gasteiger partial charge >= 0.3 is 0 Å². The molecule has 1 heterocycles. The zero-order chi connectivity index (χ0) is 11.7. The predicted molar refractivity (Wildman–Crippen MR) is 70.4 cm³/mol. The number of carbonyl (C=O) groups excluding carboxylic acids is 1. The molecule has 86 valence electrons. The summed E-state index contributed by atoms with van der Waals surface area (Å²) >= 11 is 6.82. The van der Waals surface area contributed by atoms with Crippen molar-refractivity contribution in [2.45, 2.75) is 11.2 Å². The Morgan fingerprint density at radius 3 is 2.81 bits per heavy atom. The van der Waals surface area contributed by atoms with Crippen molar-refractivity contribution >= 4 is 43.5 Å². The summed E-state index contributed by atoms with van der Waals surface area (Å²) in [6.45, 7) is 0.737. The number of rotatable bonds is 2. The molecule has 1 amide bonds. The van der Waals surface area contributed by atoms with Crippen molar-refractivity contribution in [2.75, 3.05) is 18.6 Å². The lowest BCUT2D eigenvalue weighted by Crippen LogP contribution is -2.27. The van der Waals surface area contributed by atoms with Crippen LogP contribution >= 0.6 is 31.9 Å². The smallest absolute Gasteiger partial charge is 0.240 e. The average Bonchev–Trinajstić information content (AvgIpc) is 2.61. The van der Waals surface area contributed by atoms with Crippen LogP contribution in [-0.4, -0.2) is 24.4 Å². The van der Waals surface area contributed by atoms with E-state index in [9.17, 15) is 4.79 Å². The van der Waals surface area contributed by atoms with Crippen LogP contribution in [0, 0.1) is 0 Å². The lowest BCUT2D eigenvalue weighted by Gasteiger charge is -2.18. The molecule has 2 rings (SSSR count). The molecular weight excluding hydrogens is 338 g/mol. The molecular formula is C11H11Br2NO2. The molecule has 0 radical (unpaired) electrons. The number of alkyl halides is 1. The molecule has 16 heavy (non-hydrogen) atoms. The van der Waals surface area contributed by atoms with Crippen LogP contribution in [0.25, 0.3) is 0 Å². The first-order chi connectivity index (χ1) is 7.63. The topological polar surface area (TPSA) is 29.5 Å². The van der Waals surface area contributed by atoms with Gasteiger partial charge in [-0.3, -0.25) is 4.79 Å². The minimum absolute atomic E-state index is 0.0643. The molecule has 1 saturated heterocycles. The maximum atomic E-state index is 11.9. The number of carbonyl (C=O) groups is 1. The van der Waals surface area contributed by atoms with Gasteiger partial charge < -0.3 is 9.64 Å². The predicted octanol–water partition coefficient (Wildman–Crippen LogP) is 2.96. The third-order valence-electron chi connectivity index (χ3n) is 2.58. The molecule has 0 N–H and O–H groups in total. The van der Waals surface area contributed by atoms with Gasteiger partial charge in [-0.2, -0.15) is 0 Å². The Kier molecular flexibility index (Phi) is 3.54. The minimum atomic E-state index is -0.0643. The summed E-state index contributed by atoms with van der Waals surface area (Å²) in [4.78, 5) is 13.6. The molecule has 1 aromatic rings. The quantitative estimate of drug-likeness (QED) is 0.769. The molecule has 1 aliphatic heterocycles. The average molecular weight is 349 g/mol. The van der Waals surface area contributed by atoms with Gasteiger partial charge in [0.1, 0.15) is 5.75 Å². The number of ether oxygens (including phenoxy) is 1. The summed E-state index contributed by atoms with van der Waals surface area (Å²) < 4.78 is 6.07. The highest BCUT2D eigenvalue weighted by molar-refractivity contribution is 9.10. The van der Waals surface area contributed by atoms with Gasteiger partial charge in [-0.05, 0) is 34.5 Å². The van der Waals surface area contributed by atoms with Gasteiger partial charge in [0.05, 0.1) is 17.6 Å². The van der Waals surface area contributed by atoms with Gasteiger partial charge in [-0.1, -0.05) is 15.9 Å². The van der Waals surface area contributed by atoms with E-state index < -0.39 is 0 Å². The van der Waals surface area contributed by atoms with Crippen molar-refractivity contribution in [2.24, 2.45) is 0 Å². The Morgan fingerprint density at radius 1 is 1.50 bits per heavy atom. The van der Waals surface area contributed by atoms with Crippen LogP contribution < -0.4 is 9.64 Å². The first-order valence-electron chi connectivity index (χ1n) is 4.92. The van der Waals surface area contributed by atoms with Crippen LogP contribution in [0.5, 0.6) is 5.75 Å². The summed E-state index contributed by atoms with van der Waals surface area (Å²) in [5, 5.41) is 0. The van der Waals surface area contributed by atoms with Gasteiger partial charge in [0.25, 0.3) is 0 Å². The minimum Gasteiger partial charge on any atom is -0.497 e. The van der Waals surface area contributed by atoms with Crippen LogP contribution in [0.2, 0.25) is 0 Å². The standard InChI is InChI=1S/C11H11Br2NO2/c1-16-7-2-3-8(12)10(6-7)14-5-4-9(13)11(14)15/h2-3,6,9H,4-5H2,1H3. The highest BCUT2D eigenvalue weighted by atomic mass is 79.9. The Bertz CT molecular complexity index is 422. The van der Waals surface area contributed by atoms with E-state index in [0.29, 0.717) is 0 Å². The first kappa shape index (κ1) is 11.9. The molecule has 1 aromatic carbocycles. The Morgan fingerprint density at radius 2 is 2.25 bits per heavy atom. The summed E-state index contributed by atoms with van der Waals surface area (Å²) in [5.41, 5.74) is 0.867. The molecule has 3 nitrogen and oxygen atoms in total. The van der Waals surface area contributed by atoms with Crippen molar-refractivity contribution < 1.29 is 9.53 Å². The van der Waals surface area contributed by atoms with Crippen LogP contribution in [0.4, 0.5) is 5.69 Å². The highest BCUT2D eigenvalue weighted by Gasteiger charge is 2.31. The number of nitrogens with zero attached hydrogens (tertiary/aromatic N) is 1. The van der Waals surface area contributed by atoms with E-state index >= 15 is 0 Å². The lowest BCUT2D eigenvalue weighted by molar-refractivity contribution is -0.116. The molecule has 0 aromatic heterocycles. The van der Waals surface area contributed by atoms with Crippen molar-refractivity contribution in [3.05, 3.63) is 22.7 Å². The van der Waals surface area contributed by atoms with Gasteiger partial charge in [0.15, 0.2) is 0 Å². The van der Waals surface area contributed by atoms with Crippen LogP contribution in [0.3, 0.4) is 0 Å². The van der Waals surface area contributed by atoms with Crippen LogP contribution in [0.1, 0.15) is 6.42 Å². The highest BCUT2D eigenvalue weighted by Crippen LogP contribution is 2.34. The van der Waals surface area contributed by atoms with Crippen molar-refractivity contribution in [3.63, 3.8) is 0 Å². The first-order valence-corrected chi connectivity index (χ1v) is 6.63. The van der Waals surface area contributed by atoms with Crippen LogP contribution in [0.15, 0.2) is 22.7 Å². The second kappa shape index (κ2) is 4.75. The monoisotopic (exact) mass is 347 g/mol. The summed E-state index contributed by atoms with van der Waals surface area (Å²) in [7, 11) is 1.62. The van der Waals surface area contributed by atoms with E-state index in [-0.39, 0.29) is 10.7 Å². The molecule has 1 fully saturated rings. The number of amides is 1. The number of benzene rings is 1. The van der Waals surface area contributed by atoms with E-state index in [2.05, 4.69) is 31.9 Å². The number of halogens is 2. The fourth-order valence-electron chi connectivity index (χ4n) is 1.71. The van der Waals surface area contributed by atoms with E-state index in [1.807, 2.05) is 18.2 Å². The van der Waals surface area contributed by atoms with Crippen molar-refractivity contribution in [1.82, 2.24) is 0 Å². The molecule has 1 aliphatic rings. The van der Waals surface area contributed by atoms with Crippen molar-refractivity contribution in [3.8, 4) is 5.75 Å². The normalized spacial score (nSPS) is 20.3. The van der Waals surface area contributed by atoms with Crippen molar-refractivity contribution in [1.29, 1.82) is 0 Å². The van der Waals surface area contributed by atoms with Gasteiger partial charge in [-0.15, -0.1) is 0 Å². The van der Waals surface area contributed by atoms with E-state index in [1.54, 1.807) is 12.0 Å². The zero-order valence-corrected chi connectivity index (χ0v) is 11.9. The second-order valence-corrected chi connectivity index (χ2v) is 5.52. The van der Waals surface area contributed by atoms with Crippen LogP contribution in [-0.2, 0) is 4.79 Å².